The molecule has 3 heteroatoms. The minimum Gasteiger partial charge on any atom is -0.399 e. The first-order valence-electron chi connectivity index (χ1n) is 5.30. The zero-order chi connectivity index (χ0) is 11.5. The average molecular weight is 232 g/mol. The number of anilines is 2. The van der Waals surface area contributed by atoms with Crippen LogP contribution in [0.15, 0.2) is 30.3 Å². The summed E-state index contributed by atoms with van der Waals surface area (Å²) in [5.74, 6) is 0. The minimum absolute atomic E-state index is 0.845. The smallest absolute Gasteiger partial charge is 0.0494 e. The number of nitrogen functional groups attached to an aromatic ring is 1. The minimum atomic E-state index is 0.845. The molecule has 1 aromatic heterocycles. The Hall–Kier alpha value is -1.48. The highest BCUT2D eigenvalue weighted by molar-refractivity contribution is 7.11. The van der Waals surface area contributed by atoms with E-state index in [4.69, 9.17) is 5.73 Å². The van der Waals surface area contributed by atoms with Gasteiger partial charge in [-0.05, 0) is 49.7 Å². The number of nitrogens with one attached hydrogen (secondary N) is 1. The average Bonchev–Trinajstić information content (AvgIpc) is 2.66. The Balaban J connectivity index is 2.02. The van der Waals surface area contributed by atoms with Crippen LogP contribution in [0.4, 0.5) is 11.4 Å². The summed E-state index contributed by atoms with van der Waals surface area (Å²) in [6.45, 7) is 5.03. The molecule has 0 saturated carbocycles. The summed E-state index contributed by atoms with van der Waals surface area (Å²) in [5, 5.41) is 3.40. The summed E-state index contributed by atoms with van der Waals surface area (Å²) in [7, 11) is 0. The van der Waals surface area contributed by atoms with Gasteiger partial charge in [0.2, 0.25) is 0 Å². The fourth-order valence-corrected chi connectivity index (χ4v) is 2.39. The van der Waals surface area contributed by atoms with Gasteiger partial charge in [-0.25, -0.2) is 0 Å². The van der Waals surface area contributed by atoms with Crippen LogP contribution in [0, 0.1) is 13.8 Å². The quantitative estimate of drug-likeness (QED) is 0.794. The van der Waals surface area contributed by atoms with E-state index in [1.54, 1.807) is 0 Å². The van der Waals surface area contributed by atoms with E-state index >= 15 is 0 Å². The zero-order valence-electron chi connectivity index (χ0n) is 9.58. The summed E-state index contributed by atoms with van der Waals surface area (Å²) in [4.78, 5) is 2.71. The van der Waals surface area contributed by atoms with E-state index in [1.807, 2.05) is 30.4 Å². The van der Waals surface area contributed by atoms with Crippen molar-refractivity contribution in [1.29, 1.82) is 0 Å². The third kappa shape index (κ3) is 2.55. The molecule has 0 bridgehead atoms. The lowest BCUT2D eigenvalue weighted by atomic mass is 10.2. The molecule has 1 heterocycles. The topological polar surface area (TPSA) is 38.0 Å². The van der Waals surface area contributed by atoms with Gasteiger partial charge in [0, 0.05) is 27.7 Å². The van der Waals surface area contributed by atoms with Gasteiger partial charge in [0.25, 0.3) is 0 Å². The Morgan fingerprint density at radius 3 is 2.62 bits per heavy atom. The molecule has 16 heavy (non-hydrogen) atoms. The van der Waals surface area contributed by atoms with Gasteiger partial charge >= 0.3 is 0 Å². The predicted molar refractivity (Wildman–Crippen MR) is 72.0 cm³/mol. The molecule has 84 valence electrons. The number of rotatable bonds is 3. The monoisotopic (exact) mass is 232 g/mol. The SMILES string of the molecule is Cc1ccc(CNc2ccc(N)c(C)c2)s1. The maximum absolute atomic E-state index is 5.77. The molecule has 0 aliphatic carbocycles. The molecule has 0 fully saturated rings. The molecule has 3 N–H and O–H groups in total. The third-order valence-electron chi connectivity index (χ3n) is 2.53. The summed E-state index contributed by atoms with van der Waals surface area (Å²) in [5.41, 5.74) is 8.86. The van der Waals surface area contributed by atoms with Gasteiger partial charge in [-0.1, -0.05) is 0 Å². The maximum Gasteiger partial charge on any atom is 0.0494 e. The predicted octanol–water partition coefficient (Wildman–Crippen LogP) is 3.56. The number of nitrogens with two attached hydrogens (primary N) is 1. The largest absolute Gasteiger partial charge is 0.399 e. The van der Waals surface area contributed by atoms with Crippen LogP contribution in [-0.4, -0.2) is 0 Å². The lowest BCUT2D eigenvalue weighted by Gasteiger charge is -2.07. The molecule has 0 atom stereocenters. The Morgan fingerprint density at radius 1 is 1.19 bits per heavy atom. The van der Waals surface area contributed by atoms with Gasteiger partial charge in [-0.15, -0.1) is 11.3 Å². The van der Waals surface area contributed by atoms with Crippen molar-refractivity contribution >= 4 is 22.7 Å². The molecule has 0 amide bonds. The summed E-state index contributed by atoms with van der Waals surface area (Å²) < 4.78 is 0. The molecule has 0 radical (unpaired) electrons. The molecule has 0 aliphatic heterocycles. The number of aryl methyl sites for hydroxylation is 2. The van der Waals surface area contributed by atoms with Crippen molar-refractivity contribution < 1.29 is 0 Å². The number of thiophene rings is 1. The standard InChI is InChI=1S/C13H16N2S/c1-9-7-11(4-6-13(9)14)15-8-12-5-3-10(2)16-12/h3-7,15H,8,14H2,1-2H3. The van der Waals surface area contributed by atoms with Crippen LogP contribution in [0.25, 0.3) is 0 Å². The van der Waals surface area contributed by atoms with Gasteiger partial charge in [0.05, 0.1) is 0 Å². The van der Waals surface area contributed by atoms with Crippen LogP contribution in [0.3, 0.4) is 0 Å². The van der Waals surface area contributed by atoms with E-state index in [2.05, 4.69) is 30.4 Å². The second kappa shape index (κ2) is 4.58. The molecule has 0 aliphatic rings. The van der Waals surface area contributed by atoms with Gasteiger partial charge in [0.15, 0.2) is 0 Å². The fourth-order valence-electron chi connectivity index (χ4n) is 1.55. The van der Waals surface area contributed by atoms with E-state index < -0.39 is 0 Å². The van der Waals surface area contributed by atoms with E-state index in [0.717, 1.165) is 23.5 Å². The molecule has 0 spiro atoms. The highest BCUT2D eigenvalue weighted by Gasteiger charge is 1.98. The van der Waals surface area contributed by atoms with Crippen LogP contribution in [0.5, 0.6) is 0 Å². The van der Waals surface area contributed by atoms with Crippen LogP contribution in [0.2, 0.25) is 0 Å². The molecule has 0 saturated heterocycles. The van der Waals surface area contributed by atoms with E-state index in [1.165, 1.54) is 9.75 Å². The summed E-state index contributed by atoms with van der Waals surface area (Å²) in [6.07, 6.45) is 0. The van der Waals surface area contributed by atoms with E-state index in [-0.39, 0.29) is 0 Å². The van der Waals surface area contributed by atoms with Crippen molar-refractivity contribution in [2.45, 2.75) is 20.4 Å². The van der Waals surface area contributed by atoms with Gasteiger partial charge < -0.3 is 11.1 Å². The Morgan fingerprint density at radius 2 is 2.00 bits per heavy atom. The molecular formula is C13H16N2S. The van der Waals surface area contributed by atoms with E-state index in [0.29, 0.717) is 0 Å². The summed E-state index contributed by atoms with van der Waals surface area (Å²) >= 11 is 1.83. The molecule has 2 aromatic rings. The van der Waals surface area contributed by atoms with Gasteiger partial charge in [-0.2, -0.15) is 0 Å². The van der Waals surface area contributed by atoms with Crippen LogP contribution in [0.1, 0.15) is 15.3 Å². The van der Waals surface area contributed by atoms with Crippen molar-refractivity contribution in [2.24, 2.45) is 0 Å². The molecule has 2 rings (SSSR count). The van der Waals surface area contributed by atoms with Crippen molar-refractivity contribution in [2.75, 3.05) is 11.1 Å². The van der Waals surface area contributed by atoms with Crippen molar-refractivity contribution in [3.05, 3.63) is 45.6 Å². The second-order valence-electron chi connectivity index (χ2n) is 3.94. The first-order chi connectivity index (χ1) is 7.65. The van der Waals surface area contributed by atoms with Crippen molar-refractivity contribution in [3.63, 3.8) is 0 Å². The van der Waals surface area contributed by atoms with Crippen LogP contribution in [-0.2, 0) is 6.54 Å². The third-order valence-corrected chi connectivity index (χ3v) is 3.53. The van der Waals surface area contributed by atoms with Gasteiger partial charge in [-0.3, -0.25) is 0 Å². The Kier molecular flexibility index (Phi) is 3.15. The highest BCUT2D eigenvalue weighted by atomic mass is 32.1. The fraction of sp³-hybridized carbons (Fsp3) is 0.231. The van der Waals surface area contributed by atoms with E-state index in [9.17, 15) is 0 Å². The lowest BCUT2D eigenvalue weighted by Crippen LogP contribution is -1.98. The lowest BCUT2D eigenvalue weighted by molar-refractivity contribution is 1.19. The first kappa shape index (κ1) is 11.0. The number of benzene rings is 1. The second-order valence-corrected chi connectivity index (χ2v) is 5.31. The summed E-state index contributed by atoms with van der Waals surface area (Å²) in [6, 6.07) is 10.4. The molecule has 2 nitrogen and oxygen atoms in total. The highest BCUT2D eigenvalue weighted by Crippen LogP contribution is 2.19. The molecular weight excluding hydrogens is 216 g/mol. The van der Waals surface area contributed by atoms with Crippen molar-refractivity contribution in [3.8, 4) is 0 Å². The number of hydrogen-bond donors (Lipinski definition) is 2. The van der Waals surface area contributed by atoms with Crippen molar-refractivity contribution in [1.82, 2.24) is 0 Å². The Bertz CT molecular complexity index is 488. The van der Waals surface area contributed by atoms with Gasteiger partial charge in [0.1, 0.15) is 0 Å². The van der Waals surface area contributed by atoms with Crippen LogP contribution < -0.4 is 11.1 Å². The molecule has 1 aromatic carbocycles. The zero-order valence-corrected chi connectivity index (χ0v) is 10.4. The normalized spacial score (nSPS) is 10.4. The Labute approximate surface area is 100 Å². The first-order valence-corrected chi connectivity index (χ1v) is 6.12. The maximum atomic E-state index is 5.77. The number of hydrogen-bond acceptors (Lipinski definition) is 3. The van der Waals surface area contributed by atoms with Crippen LogP contribution >= 0.6 is 11.3 Å². The molecule has 0 unspecified atom stereocenters.